The van der Waals surface area contributed by atoms with E-state index in [4.69, 9.17) is 0 Å². The minimum absolute atomic E-state index is 0. The molecule has 0 rings (SSSR count). The van der Waals surface area contributed by atoms with Crippen LogP contribution in [0.25, 0.3) is 0 Å². The van der Waals surface area contributed by atoms with E-state index >= 15 is 0 Å². The maximum atomic E-state index is 10.6. The molecule has 0 N–H and O–H groups in total. The van der Waals surface area contributed by atoms with E-state index in [0.29, 0.717) is 25.7 Å². The molecule has 0 unspecified atom stereocenters. The third-order valence-electron chi connectivity index (χ3n) is 1.47. The van der Waals surface area contributed by atoms with E-state index in [-0.39, 0.29) is 35.8 Å². The summed E-state index contributed by atoms with van der Waals surface area (Å²) in [5.41, 5.74) is 0. The fourth-order valence-electron chi connectivity index (χ4n) is 0.743. The van der Waals surface area contributed by atoms with Crippen LogP contribution in [-0.2, 0) is 19.1 Å². The van der Waals surface area contributed by atoms with Gasteiger partial charge in [0, 0.05) is 12.8 Å². The molecule has 5 heteroatoms. The fourth-order valence-corrected chi connectivity index (χ4v) is 0.743. The molecule has 0 spiro atoms. The Balaban J connectivity index is 0. The van der Waals surface area contributed by atoms with Gasteiger partial charge in [0.15, 0.2) is 0 Å². The summed E-state index contributed by atoms with van der Waals surface area (Å²) in [5.74, 6) is -0.472. The van der Waals surface area contributed by atoms with Gasteiger partial charge in [-0.2, -0.15) is 0 Å². The van der Waals surface area contributed by atoms with Gasteiger partial charge in [-0.3, -0.25) is 9.59 Å². The monoisotopic (exact) mass is 296 g/mol. The van der Waals surface area contributed by atoms with Gasteiger partial charge in [-0.25, -0.2) is 0 Å². The number of hydrogen-bond acceptors (Lipinski definition) is 4. The summed E-state index contributed by atoms with van der Waals surface area (Å²) in [6.45, 7) is 0. The Bertz CT molecular complexity index is 140. The summed E-state index contributed by atoms with van der Waals surface area (Å²) in [6.07, 6.45) is 2.07. The predicted molar refractivity (Wildman–Crippen MR) is 51.0 cm³/mol. The van der Waals surface area contributed by atoms with Crippen LogP contribution in [0.1, 0.15) is 25.7 Å². The van der Waals surface area contributed by atoms with Crippen molar-refractivity contribution in [2.75, 3.05) is 14.2 Å². The maximum absolute atomic E-state index is 10.6. The third kappa shape index (κ3) is 9.65. The zero-order valence-electron chi connectivity index (χ0n) is 8.17. The van der Waals surface area contributed by atoms with Crippen LogP contribution < -0.4 is 0 Å². The first-order valence-corrected chi connectivity index (χ1v) is 3.84. The molecule has 0 bridgehead atoms. The number of unbranched alkanes of at least 4 members (excludes halogenated alkanes) is 1. The summed E-state index contributed by atoms with van der Waals surface area (Å²) in [4.78, 5) is 21.2. The van der Waals surface area contributed by atoms with Gasteiger partial charge in [0.25, 0.3) is 0 Å². The molecule has 2 radical (unpaired) electrons. The molecule has 0 aromatic heterocycles. The van der Waals surface area contributed by atoms with E-state index in [0.717, 1.165) is 0 Å². The van der Waals surface area contributed by atoms with Gasteiger partial charge < -0.3 is 9.47 Å². The van der Waals surface area contributed by atoms with Crippen LogP contribution in [0, 0.1) is 0 Å². The average Bonchev–Trinajstić information content (AvgIpc) is 2.11. The molecule has 76 valence electrons. The second-order valence-electron chi connectivity index (χ2n) is 2.36. The van der Waals surface area contributed by atoms with Crippen LogP contribution >= 0.6 is 0 Å². The summed E-state index contributed by atoms with van der Waals surface area (Å²) in [6, 6.07) is 0. The van der Waals surface area contributed by atoms with Gasteiger partial charge >= 0.3 is 35.8 Å². The van der Waals surface area contributed by atoms with E-state index in [1.165, 1.54) is 14.2 Å². The SMILES string of the molecule is COC(=O)CCCCC(=O)OC.[SnH2]. The van der Waals surface area contributed by atoms with Gasteiger partial charge in [-0.15, -0.1) is 0 Å². The molecule has 0 aromatic rings. The first-order chi connectivity index (χ1) is 5.70. The molecular weight excluding hydrogens is 279 g/mol. The quantitative estimate of drug-likeness (QED) is 0.406. The Labute approximate surface area is 94.9 Å². The normalized spacial score (nSPS) is 8.46. The summed E-state index contributed by atoms with van der Waals surface area (Å²) in [5, 5.41) is 0. The minimum atomic E-state index is -0.236. The Kier molecular flexibility index (Phi) is 11.5. The molecule has 0 atom stereocenters. The van der Waals surface area contributed by atoms with Gasteiger partial charge in [0.2, 0.25) is 0 Å². The van der Waals surface area contributed by atoms with Crippen LogP contribution in [0.3, 0.4) is 0 Å². The second kappa shape index (κ2) is 9.82. The topological polar surface area (TPSA) is 52.6 Å². The van der Waals surface area contributed by atoms with Crippen molar-refractivity contribution in [3.05, 3.63) is 0 Å². The van der Waals surface area contributed by atoms with E-state index in [1.807, 2.05) is 0 Å². The Morgan fingerprint density at radius 3 is 1.46 bits per heavy atom. The van der Waals surface area contributed by atoms with E-state index in [1.54, 1.807) is 0 Å². The molecule has 0 saturated heterocycles. The van der Waals surface area contributed by atoms with Crippen LogP contribution in [0.15, 0.2) is 0 Å². The molecule has 0 aliphatic carbocycles. The number of methoxy groups -OCH3 is 2. The second-order valence-corrected chi connectivity index (χ2v) is 2.36. The number of carbonyl (C=O) groups excluding carboxylic acids is 2. The van der Waals surface area contributed by atoms with Gasteiger partial charge in [0.05, 0.1) is 14.2 Å². The van der Waals surface area contributed by atoms with Crippen molar-refractivity contribution in [3.63, 3.8) is 0 Å². The Morgan fingerprint density at radius 2 is 1.23 bits per heavy atom. The molecule has 4 nitrogen and oxygen atoms in total. The number of carbonyl (C=O) groups is 2. The van der Waals surface area contributed by atoms with Gasteiger partial charge in [-0.05, 0) is 12.8 Å². The molecule has 0 aliphatic rings. The third-order valence-corrected chi connectivity index (χ3v) is 1.47. The fraction of sp³-hybridized carbons (Fsp3) is 0.750. The van der Waals surface area contributed by atoms with Crippen LogP contribution in [0.4, 0.5) is 0 Å². The zero-order chi connectivity index (χ0) is 9.40. The van der Waals surface area contributed by atoms with Gasteiger partial charge in [0.1, 0.15) is 0 Å². The van der Waals surface area contributed by atoms with Crippen molar-refractivity contribution in [2.45, 2.75) is 25.7 Å². The van der Waals surface area contributed by atoms with E-state index in [9.17, 15) is 9.59 Å². The number of ether oxygens (including phenoxy) is 2. The molecule has 13 heavy (non-hydrogen) atoms. The molecule has 0 heterocycles. The summed E-state index contributed by atoms with van der Waals surface area (Å²) in [7, 11) is 2.70. The van der Waals surface area contributed by atoms with Crippen molar-refractivity contribution in [2.24, 2.45) is 0 Å². The first-order valence-electron chi connectivity index (χ1n) is 3.84. The molecule has 0 aliphatic heterocycles. The summed E-state index contributed by atoms with van der Waals surface area (Å²) >= 11 is 0. The van der Waals surface area contributed by atoms with Crippen molar-refractivity contribution in [1.29, 1.82) is 0 Å². The van der Waals surface area contributed by atoms with Crippen molar-refractivity contribution in [3.8, 4) is 0 Å². The average molecular weight is 295 g/mol. The van der Waals surface area contributed by atoms with Crippen molar-refractivity contribution >= 4 is 35.8 Å². The summed E-state index contributed by atoms with van der Waals surface area (Å²) < 4.78 is 8.86. The Morgan fingerprint density at radius 1 is 0.923 bits per heavy atom. The molecular formula is C8H16O4Sn. The van der Waals surface area contributed by atoms with E-state index < -0.39 is 0 Å². The van der Waals surface area contributed by atoms with Crippen LogP contribution in [0.5, 0.6) is 0 Å². The molecule has 0 aromatic carbocycles. The van der Waals surface area contributed by atoms with Crippen LogP contribution in [0.2, 0.25) is 0 Å². The van der Waals surface area contributed by atoms with E-state index in [2.05, 4.69) is 9.47 Å². The zero-order valence-corrected chi connectivity index (χ0v) is 12.2. The standard InChI is InChI=1S/C8H14O4.Sn.2H/c1-11-7(9)5-3-4-6-8(10)12-2;;;/h3-6H2,1-2H3;;;. The predicted octanol–water partition coefficient (Wildman–Crippen LogP) is -0.0234. The molecule has 0 fully saturated rings. The molecule has 0 saturated carbocycles. The Hall–Kier alpha value is -0.261. The van der Waals surface area contributed by atoms with Crippen molar-refractivity contribution < 1.29 is 19.1 Å². The number of esters is 2. The number of hydrogen-bond donors (Lipinski definition) is 0. The first kappa shape index (κ1) is 15.2. The number of rotatable bonds is 5. The molecule has 0 amide bonds. The van der Waals surface area contributed by atoms with Crippen LogP contribution in [-0.4, -0.2) is 50.1 Å². The van der Waals surface area contributed by atoms with Crippen molar-refractivity contribution in [1.82, 2.24) is 0 Å². The van der Waals surface area contributed by atoms with Gasteiger partial charge in [-0.1, -0.05) is 0 Å².